The molecule has 1 fully saturated rings. The number of nitrogens with zero attached hydrogens (tertiary/aromatic N) is 3. The minimum atomic E-state index is -0.547. The van der Waals surface area contributed by atoms with Gasteiger partial charge in [0.25, 0.3) is 0 Å². The van der Waals surface area contributed by atoms with Crippen LogP contribution >= 0.6 is 23.8 Å². The molecule has 0 spiro atoms. The summed E-state index contributed by atoms with van der Waals surface area (Å²) in [6.07, 6.45) is 1.80. The fraction of sp³-hybridized carbons (Fsp3) is 0.303. The monoisotopic (exact) mass is 601 g/mol. The van der Waals surface area contributed by atoms with Crippen LogP contribution in [0.3, 0.4) is 0 Å². The number of methoxy groups -OCH3 is 1. The maximum atomic E-state index is 12.7. The van der Waals surface area contributed by atoms with Crippen molar-refractivity contribution in [3.63, 3.8) is 0 Å². The largest absolute Gasteiger partial charge is 0.494 e. The van der Waals surface area contributed by atoms with Gasteiger partial charge in [-0.1, -0.05) is 44.5 Å². The molecule has 0 radical (unpaired) electrons. The lowest BCUT2D eigenvalue weighted by Crippen LogP contribution is -2.30. The molecule has 4 aromatic rings. The number of halogens is 1. The van der Waals surface area contributed by atoms with Crippen LogP contribution in [0.5, 0.6) is 5.75 Å². The van der Waals surface area contributed by atoms with Crippen molar-refractivity contribution < 1.29 is 9.53 Å². The Balaban J connectivity index is 1.64. The lowest BCUT2D eigenvalue weighted by atomic mass is 9.95. The zero-order chi connectivity index (χ0) is 30.3. The number of aromatic nitrogens is 2. The van der Waals surface area contributed by atoms with Crippen molar-refractivity contribution in [1.82, 2.24) is 14.9 Å². The maximum absolute atomic E-state index is 12.7. The lowest BCUT2D eigenvalue weighted by molar-refractivity contribution is -0.123. The van der Waals surface area contributed by atoms with E-state index in [0.717, 1.165) is 39.6 Å². The Kier molecular flexibility index (Phi) is 8.05. The summed E-state index contributed by atoms with van der Waals surface area (Å²) in [5, 5.41) is 7.81. The van der Waals surface area contributed by atoms with Crippen LogP contribution in [-0.4, -0.2) is 27.7 Å². The highest BCUT2D eigenvalue weighted by Crippen LogP contribution is 2.45. The van der Waals surface area contributed by atoms with Crippen LogP contribution in [0.1, 0.15) is 61.1 Å². The van der Waals surface area contributed by atoms with Crippen molar-refractivity contribution in [1.29, 1.82) is 0 Å². The fourth-order valence-corrected chi connectivity index (χ4v) is 5.99. The third kappa shape index (κ3) is 5.49. The number of anilines is 2. The van der Waals surface area contributed by atoms with Crippen molar-refractivity contribution in [2.24, 2.45) is 5.41 Å². The van der Waals surface area contributed by atoms with Gasteiger partial charge in [0.05, 0.1) is 30.6 Å². The molecule has 218 valence electrons. The Labute approximate surface area is 257 Å². The molecule has 0 aliphatic carbocycles. The fourth-order valence-electron chi connectivity index (χ4n) is 5.47. The molecule has 2 N–H and O–H groups in total. The van der Waals surface area contributed by atoms with Crippen molar-refractivity contribution in [3.05, 3.63) is 100 Å². The molecule has 2 unspecified atom stereocenters. The number of amides is 1. The Morgan fingerprint density at radius 1 is 1.07 bits per heavy atom. The average molecular weight is 602 g/mol. The first-order valence-electron chi connectivity index (χ1n) is 13.9. The number of aryl methyl sites for hydroxylation is 2. The topological polar surface area (TPSA) is 71.4 Å². The molecular formula is C33H36ClN5O2S. The van der Waals surface area contributed by atoms with Gasteiger partial charge < -0.3 is 24.8 Å². The molecule has 1 aliphatic rings. The molecule has 42 heavy (non-hydrogen) atoms. The van der Waals surface area contributed by atoms with E-state index < -0.39 is 5.41 Å². The van der Waals surface area contributed by atoms with Gasteiger partial charge in [-0.05, 0) is 86.6 Å². The summed E-state index contributed by atoms with van der Waals surface area (Å²) < 4.78 is 7.99. The second-order valence-corrected chi connectivity index (χ2v) is 12.5. The van der Waals surface area contributed by atoms with Crippen molar-refractivity contribution in [2.45, 2.75) is 53.6 Å². The van der Waals surface area contributed by atoms with Gasteiger partial charge in [0.15, 0.2) is 5.11 Å². The zero-order valence-electron chi connectivity index (χ0n) is 24.9. The summed E-state index contributed by atoms with van der Waals surface area (Å²) in [5.41, 5.74) is 7.23. The molecule has 9 heteroatoms. The van der Waals surface area contributed by atoms with Gasteiger partial charge in [0.1, 0.15) is 5.75 Å². The molecule has 1 aliphatic heterocycles. The maximum Gasteiger partial charge on any atom is 0.229 e. The molecule has 5 rings (SSSR count). The number of pyridine rings is 1. The lowest BCUT2D eigenvalue weighted by Gasteiger charge is -2.29. The summed E-state index contributed by atoms with van der Waals surface area (Å²) in [6, 6.07) is 19.4. The predicted molar refractivity (Wildman–Crippen MR) is 174 cm³/mol. The number of carbonyl (C=O) groups excluding carboxylic acids is 1. The van der Waals surface area contributed by atoms with E-state index in [-0.39, 0.29) is 18.0 Å². The second-order valence-electron chi connectivity index (χ2n) is 11.7. The highest BCUT2D eigenvalue weighted by atomic mass is 35.5. The number of thiocarbonyl (C=S) groups is 1. The first-order valence-corrected chi connectivity index (χ1v) is 14.6. The van der Waals surface area contributed by atoms with Crippen LogP contribution in [0.15, 0.2) is 66.9 Å². The summed E-state index contributed by atoms with van der Waals surface area (Å²) in [6.45, 7) is 12.0. The SMILES string of the molecule is COc1cc(N2C(=S)NC(c3ccccn3)C2c2cc(C)n(-c3cc(Cl)ccc3C)c2C)ccc1NC(=O)C(C)(C)C. The summed E-state index contributed by atoms with van der Waals surface area (Å²) in [4.78, 5) is 19.6. The van der Waals surface area contributed by atoms with Crippen LogP contribution < -0.4 is 20.3 Å². The molecular weight excluding hydrogens is 566 g/mol. The predicted octanol–water partition coefficient (Wildman–Crippen LogP) is 7.62. The van der Waals surface area contributed by atoms with Crippen LogP contribution in [-0.2, 0) is 4.79 Å². The van der Waals surface area contributed by atoms with Gasteiger partial charge >= 0.3 is 0 Å². The Hall–Kier alpha value is -3.88. The van der Waals surface area contributed by atoms with E-state index in [0.29, 0.717) is 21.6 Å². The summed E-state index contributed by atoms with van der Waals surface area (Å²) >= 11 is 12.4. The highest BCUT2D eigenvalue weighted by molar-refractivity contribution is 7.80. The minimum absolute atomic E-state index is 0.0937. The van der Waals surface area contributed by atoms with E-state index in [4.69, 9.17) is 33.5 Å². The average Bonchev–Trinajstić information content (AvgIpc) is 3.44. The van der Waals surface area contributed by atoms with Crippen LogP contribution in [0.2, 0.25) is 5.02 Å². The number of ether oxygens (including phenoxy) is 1. The Morgan fingerprint density at radius 3 is 2.50 bits per heavy atom. The molecule has 1 amide bonds. The van der Waals surface area contributed by atoms with E-state index in [2.05, 4.69) is 46.9 Å². The van der Waals surface area contributed by atoms with Gasteiger partial charge in [-0.2, -0.15) is 0 Å². The van der Waals surface area contributed by atoms with E-state index in [1.54, 1.807) is 13.3 Å². The highest BCUT2D eigenvalue weighted by Gasteiger charge is 2.42. The molecule has 1 saturated heterocycles. The quantitative estimate of drug-likeness (QED) is 0.222. The summed E-state index contributed by atoms with van der Waals surface area (Å²) in [7, 11) is 1.60. The molecule has 3 heterocycles. The van der Waals surface area contributed by atoms with Gasteiger partial charge in [-0.25, -0.2) is 0 Å². The molecule has 0 bridgehead atoms. The number of carbonyl (C=O) groups is 1. The molecule has 2 aromatic carbocycles. The Morgan fingerprint density at radius 2 is 1.83 bits per heavy atom. The van der Waals surface area contributed by atoms with Crippen molar-refractivity contribution in [2.75, 3.05) is 17.3 Å². The second kappa shape index (κ2) is 11.4. The van der Waals surface area contributed by atoms with E-state index in [1.807, 2.05) is 75.4 Å². The third-order valence-electron chi connectivity index (χ3n) is 7.69. The number of hydrogen-bond acceptors (Lipinski definition) is 4. The normalized spacial score (nSPS) is 16.9. The molecule has 7 nitrogen and oxygen atoms in total. The van der Waals surface area contributed by atoms with Gasteiger partial charge in [0, 0.05) is 45.5 Å². The van der Waals surface area contributed by atoms with Gasteiger partial charge in [-0.15, -0.1) is 0 Å². The van der Waals surface area contributed by atoms with E-state index in [1.165, 1.54) is 0 Å². The number of nitrogens with one attached hydrogen (secondary N) is 2. The van der Waals surface area contributed by atoms with Gasteiger partial charge in [-0.3, -0.25) is 9.78 Å². The van der Waals surface area contributed by atoms with E-state index >= 15 is 0 Å². The number of hydrogen-bond donors (Lipinski definition) is 2. The molecule has 2 atom stereocenters. The standard InChI is InChI=1S/C33H36ClN5O2S/c1-19-11-12-22(34)17-27(19)38-20(2)16-24(21(38)3)30-29(26-10-8-9-15-35-26)37-32(42)39(30)23-13-14-25(28(18-23)41-7)36-31(40)33(4,5)6/h8-18,29-30H,1-7H3,(H,36,40)(H,37,42). The number of benzene rings is 2. The van der Waals surface area contributed by atoms with Crippen LogP contribution in [0.4, 0.5) is 11.4 Å². The van der Waals surface area contributed by atoms with Crippen LogP contribution in [0.25, 0.3) is 5.69 Å². The van der Waals surface area contributed by atoms with Crippen molar-refractivity contribution in [3.8, 4) is 11.4 Å². The zero-order valence-corrected chi connectivity index (χ0v) is 26.5. The Bertz CT molecular complexity index is 1660. The van der Waals surface area contributed by atoms with Crippen LogP contribution in [0, 0.1) is 26.2 Å². The summed E-state index contributed by atoms with van der Waals surface area (Å²) in [5.74, 6) is 0.455. The number of rotatable bonds is 6. The van der Waals surface area contributed by atoms with Crippen molar-refractivity contribution >= 4 is 46.2 Å². The molecule has 0 saturated carbocycles. The first-order chi connectivity index (χ1) is 19.9. The first kappa shape index (κ1) is 29.6. The minimum Gasteiger partial charge on any atom is -0.494 e. The molecule has 2 aromatic heterocycles. The van der Waals surface area contributed by atoms with E-state index in [9.17, 15) is 4.79 Å². The smallest absolute Gasteiger partial charge is 0.229 e. The van der Waals surface area contributed by atoms with Gasteiger partial charge in [0.2, 0.25) is 5.91 Å². The third-order valence-corrected chi connectivity index (χ3v) is 8.24.